The third kappa shape index (κ3) is 4.91. The van der Waals surface area contributed by atoms with Crippen LogP contribution < -0.4 is 5.73 Å². The molecule has 0 bridgehead atoms. The van der Waals surface area contributed by atoms with E-state index in [1.165, 1.54) is 5.56 Å². The quantitative estimate of drug-likeness (QED) is 0.771. The molecule has 84 valence electrons. The van der Waals surface area contributed by atoms with Gasteiger partial charge in [-0.3, -0.25) is 4.98 Å². The molecule has 0 aliphatic carbocycles. The number of rotatable bonds is 6. The van der Waals surface area contributed by atoms with Gasteiger partial charge < -0.3 is 10.6 Å². The van der Waals surface area contributed by atoms with Gasteiger partial charge in [0, 0.05) is 25.0 Å². The van der Waals surface area contributed by atoms with E-state index in [0.717, 1.165) is 25.9 Å². The van der Waals surface area contributed by atoms with Crippen LogP contribution in [0.15, 0.2) is 24.5 Å². The molecule has 15 heavy (non-hydrogen) atoms. The lowest BCUT2D eigenvalue weighted by atomic mass is 10.1. The van der Waals surface area contributed by atoms with Gasteiger partial charge in [-0.1, -0.05) is 13.0 Å². The van der Waals surface area contributed by atoms with Crippen LogP contribution in [0.5, 0.6) is 0 Å². The maximum absolute atomic E-state index is 5.88. The van der Waals surface area contributed by atoms with Gasteiger partial charge in [-0.2, -0.15) is 0 Å². The molecule has 1 aromatic heterocycles. The van der Waals surface area contributed by atoms with Crippen molar-refractivity contribution in [2.24, 2.45) is 5.73 Å². The molecule has 1 unspecified atom stereocenters. The summed E-state index contributed by atoms with van der Waals surface area (Å²) in [6.45, 7) is 4.12. The Morgan fingerprint density at radius 1 is 1.53 bits per heavy atom. The fourth-order valence-electron chi connectivity index (χ4n) is 1.47. The van der Waals surface area contributed by atoms with Crippen LogP contribution in [-0.4, -0.2) is 29.5 Å². The van der Waals surface area contributed by atoms with Crippen LogP contribution in [-0.2, 0) is 6.54 Å². The van der Waals surface area contributed by atoms with Crippen molar-refractivity contribution in [3.63, 3.8) is 0 Å². The highest BCUT2D eigenvalue weighted by molar-refractivity contribution is 5.07. The monoisotopic (exact) mass is 207 g/mol. The molecule has 0 aliphatic rings. The Kier molecular flexibility index (Phi) is 5.29. The molecule has 1 atom stereocenters. The summed E-state index contributed by atoms with van der Waals surface area (Å²) in [5.41, 5.74) is 7.13. The van der Waals surface area contributed by atoms with Gasteiger partial charge in [0.05, 0.1) is 0 Å². The molecule has 0 saturated heterocycles. The lowest BCUT2D eigenvalue weighted by molar-refractivity contribution is 0.309. The summed E-state index contributed by atoms with van der Waals surface area (Å²) in [4.78, 5) is 6.38. The molecule has 0 radical (unpaired) electrons. The van der Waals surface area contributed by atoms with Crippen LogP contribution >= 0.6 is 0 Å². The van der Waals surface area contributed by atoms with E-state index in [4.69, 9.17) is 5.73 Å². The van der Waals surface area contributed by atoms with Gasteiger partial charge in [0.25, 0.3) is 0 Å². The summed E-state index contributed by atoms with van der Waals surface area (Å²) in [5.74, 6) is 0. The minimum Gasteiger partial charge on any atom is -0.328 e. The fourth-order valence-corrected chi connectivity index (χ4v) is 1.47. The topological polar surface area (TPSA) is 42.1 Å². The third-order valence-electron chi connectivity index (χ3n) is 2.58. The van der Waals surface area contributed by atoms with Gasteiger partial charge in [0.15, 0.2) is 0 Å². The molecule has 3 heteroatoms. The van der Waals surface area contributed by atoms with E-state index in [-0.39, 0.29) is 0 Å². The van der Waals surface area contributed by atoms with Crippen molar-refractivity contribution in [1.29, 1.82) is 0 Å². The Morgan fingerprint density at radius 2 is 2.33 bits per heavy atom. The second-order valence-corrected chi connectivity index (χ2v) is 4.06. The zero-order valence-corrected chi connectivity index (χ0v) is 9.69. The average Bonchev–Trinajstić information content (AvgIpc) is 2.27. The zero-order chi connectivity index (χ0) is 11.1. The van der Waals surface area contributed by atoms with Crippen molar-refractivity contribution < 1.29 is 0 Å². The fraction of sp³-hybridized carbons (Fsp3) is 0.583. The van der Waals surface area contributed by atoms with Gasteiger partial charge in [-0.25, -0.2) is 0 Å². The van der Waals surface area contributed by atoms with Gasteiger partial charge in [-0.05, 0) is 38.1 Å². The highest BCUT2D eigenvalue weighted by Crippen LogP contribution is 2.02. The minimum absolute atomic E-state index is 0.335. The first-order valence-corrected chi connectivity index (χ1v) is 5.55. The molecule has 1 aromatic rings. The van der Waals surface area contributed by atoms with Crippen LogP contribution in [0, 0.1) is 0 Å². The van der Waals surface area contributed by atoms with E-state index in [1.807, 2.05) is 12.3 Å². The summed E-state index contributed by atoms with van der Waals surface area (Å²) < 4.78 is 0. The van der Waals surface area contributed by atoms with Crippen LogP contribution in [0.2, 0.25) is 0 Å². The predicted molar refractivity (Wildman–Crippen MR) is 63.5 cm³/mol. The van der Waals surface area contributed by atoms with E-state index >= 15 is 0 Å². The normalized spacial score (nSPS) is 13.1. The lowest BCUT2D eigenvalue weighted by Crippen LogP contribution is -2.27. The van der Waals surface area contributed by atoms with E-state index in [1.54, 1.807) is 6.20 Å². The number of aromatic nitrogens is 1. The first kappa shape index (κ1) is 12.1. The second kappa shape index (κ2) is 6.53. The van der Waals surface area contributed by atoms with Crippen molar-refractivity contribution in [3.8, 4) is 0 Å². The Bertz CT molecular complexity index is 261. The molecule has 1 rings (SSSR count). The van der Waals surface area contributed by atoms with E-state index in [0.29, 0.717) is 6.04 Å². The molecule has 1 heterocycles. The van der Waals surface area contributed by atoms with E-state index in [9.17, 15) is 0 Å². The maximum Gasteiger partial charge on any atom is 0.0312 e. The lowest BCUT2D eigenvalue weighted by Gasteiger charge is -2.18. The van der Waals surface area contributed by atoms with Gasteiger partial charge in [0.2, 0.25) is 0 Å². The molecule has 0 aromatic carbocycles. The van der Waals surface area contributed by atoms with Crippen molar-refractivity contribution in [2.45, 2.75) is 32.4 Å². The number of hydrogen-bond donors (Lipinski definition) is 1. The van der Waals surface area contributed by atoms with Crippen LogP contribution in [0.3, 0.4) is 0 Å². The second-order valence-electron chi connectivity index (χ2n) is 4.06. The Labute approximate surface area is 92.3 Å². The van der Waals surface area contributed by atoms with Crippen LogP contribution in [0.1, 0.15) is 25.3 Å². The van der Waals surface area contributed by atoms with Crippen LogP contribution in [0.4, 0.5) is 0 Å². The summed E-state index contributed by atoms with van der Waals surface area (Å²) in [6, 6.07) is 4.41. The maximum atomic E-state index is 5.88. The smallest absolute Gasteiger partial charge is 0.0312 e. The number of hydrogen-bond acceptors (Lipinski definition) is 3. The third-order valence-corrected chi connectivity index (χ3v) is 2.58. The number of nitrogens with zero attached hydrogens (tertiary/aromatic N) is 2. The molecule has 0 spiro atoms. The SMILES string of the molecule is CCC(N)CCN(C)Cc1cccnc1. The van der Waals surface area contributed by atoms with Gasteiger partial charge in [-0.15, -0.1) is 0 Å². The minimum atomic E-state index is 0.335. The van der Waals surface area contributed by atoms with Gasteiger partial charge in [0.1, 0.15) is 0 Å². The highest BCUT2D eigenvalue weighted by atomic mass is 15.1. The summed E-state index contributed by atoms with van der Waals surface area (Å²) in [6.07, 6.45) is 5.83. The summed E-state index contributed by atoms with van der Waals surface area (Å²) in [7, 11) is 2.12. The predicted octanol–water partition coefficient (Wildman–Crippen LogP) is 1.64. The van der Waals surface area contributed by atoms with Crippen LogP contribution in [0.25, 0.3) is 0 Å². The summed E-state index contributed by atoms with van der Waals surface area (Å²) in [5, 5.41) is 0. The van der Waals surface area contributed by atoms with Crippen molar-refractivity contribution in [1.82, 2.24) is 9.88 Å². The Hall–Kier alpha value is -0.930. The molecule has 3 nitrogen and oxygen atoms in total. The van der Waals surface area contributed by atoms with Crippen molar-refractivity contribution >= 4 is 0 Å². The van der Waals surface area contributed by atoms with Crippen molar-refractivity contribution in [3.05, 3.63) is 30.1 Å². The molecular weight excluding hydrogens is 186 g/mol. The largest absolute Gasteiger partial charge is 0.328 e. The number of nitrogens with two attached hydrogens (primary N) is 1. The first-order chi connectivity index (χ1) is 7.22. The Morgan fingerprint density at radius 3 is 2.93 bits per heavy atom. The molecule has 2 N–H and O–H groups in total. The van der Waals surface area contributed by atoms with E-state index in [2.05, 4.69) is 29.9 Å². The van der Waals surface area contributed by atoms with Gasteiger partial charge >= 0.3 is 0 Å². The molecule has 0 aliphatic heterocycles. The van der Waals surface area contributed by atoms with Crippen molar-refractivity contribution in [2.75, 3.05) is 13.6 Å². The highest BCUT2D eigenvalue weighted by Gasteiger charge is 2.03. The summed E-state index contributed by atoms with van der Waals surface area (Å²) >= 11 is 0. The first-order valence-electron chi connectivity index (χ1n) is 5.55. The molecular formula is C12H21N3. The molecule has 0 amide bonds. The average molecular weight is 207 g/mol. The zero-order valence-electron chi connectivity index (χ0n) is 9.69. The molecule has 0 saturated carbocycles. The standard InChI is InChI=1S/C12H21N3/c1-3-12(13)6-8-15(2)10-11-5-4-7-14-9-11/h4-5,7,9,12H,3,6,8,10,13H2,1-2H3. The Balaban J connectivity index is 2.27. The molecule has 0 fully saturated rings. The van der Waals surface area contributed by atoms with E-state index < -0.39 is 0 Å². The number of pyridine rings is 1.